The van der Waals surface area contributed by atoms with Crippen molar-refractivity contribution in [2.24, 2.45) is 0 Å². The summed E-state index contributed by atoms with van der Waals surface area (Å²) in [4.78, 5) is 12.0. The zero-order chi connectivity index (χ0) is 20.4. The van der Waals surface area contributed by atoms with Gasteiger partial charge in [0.25, 0.3) is 0 Å². The molecule has 0 N–H and O–H groups in total. The smallest absolute Gasteiger partial charge is 0.156 e. The summed E-state index contributed by atoms with van der Waals surface area (Å²) < 4.78 is 27.5. The van der Waals surface area contributed by atoms with Gasteiger partial charge in [-0.3, -0.25) is 4.79 Å². The number of methoxy groups -OCH3 is 2. The van der Waals surface area contributed by atoms with Crippen molar-refractivity contribution in [1.82, 2.24) is 0 Å². The number of rotatable bonds is 12. The van der Waals surface area contributed by atoms with Gasteiger partial charge in [0.15, 0.2) is 11.9 Å². The Balaban J connectivity index is 2.26. The Bertz CT molecular complexity index is 746. The number of aryl methyl sites for hydroxylation is 1. The van der Waals surface area contributed by atoms with E-state index in [1.54, 1.807) is 27.2 Å². The highest BCUT2D eigenvalue weighted by atomic mass is 16.7. The minimum atomic E-state index is -1.25. The summed E-state index contributed by atoms with van der Waals surface area (Å²) in [7, 11) is 3.18. The molecule has 0 aliphatic heterocycles. The molecule has 6 nitrogen and oxygen atoms in total. The standard InChI is InChI=1S/C22H28O6/c1-17-12-21(27-14-18-8-6-5-7-9-18)19(13-20(17)25-4)22(2,15-23)28-16-26-11-10-24-3/h5-9,12-13,15H,10-11,14,16H2,1-4H3/t22-/m1/s1. The van der Waals surface area contributed by atoms with E-state index in [1.807, 2.05) is 43.3 Å². The summed E-state index contributed by atoms with van der Waals surface area (Å²) in [5.74, 6) is 1.22. The molecule has 0 spiro atoms. The van der Waals surface area contributed by atoms with E-state index in [1.165, 1.54) is 0 Å². The van der Waals surface area contributed by atoms with Crippen LogP contribution in [-0.2, 0) is 31.2 Å². The summed E-state index contributed by atoms with van der Waals surface area (Å²) >= 11 is 0. The summed E-state index contributed by atoms with van der Waals surface area (Å²) in [5.41, 5.74) is 1.26. The molecule has 6 heteroatoms. The molecule has 2 rings (SSSR count). The van der Waals surface area contributed by atoms with Crippen LogP contribution in [0.5, 0.6) is 11.5 Å². The van der Waals surface area contributed by atoms with Crippen LogP contribution < -0.4 is 9.47 Å². The van der Waals surface area contributed by atoms with Crippen molar-refractivity contribution in [1.29, 1.82) is 0 Å². The molecule has 0 aliphatic carbocycles. The summed E-state index contributed by atoms with van der Waals surface area (Å²) in [6.07, 6.45) is 0.742. The average Bonchev–Trinajstić information content (AvgIpc) is 2.72. The third-order valence-corrected chi connectivity index (χ3v) is 4.37. The predicted molar refractivity (Wildman–Crippen MR) is 106 cm³/mol. The van der Waals surface area contributed by atoms with Crippen molar-refractivity contribution in [3.8, 4) is 11.5 Å². The zero-order valence-electron chi connectivity index (χ0n) is 16.9. The average molecular weight is 388 g/mol. The van der Waals surface area contributed by atoms with Crippen LogP contribution in [0.25, 0.3) is 0 Å². The fourth-order valence-corrected chi connectivity index (χ4v) is 2.66. The van der Waals surface area contributed by atoms with Crippen LogP contribution in [0.3, 0.4) is 0 Å². The van der Waals surface area contributed by atoms with E-state index in [4.69, 9.17) is 23.7 Å². The van der Waals surface area contributed by atoms with Gasteiger partial charge in [-0.25, -0.2) is 0 Å². The van der Waals surface area contributed by atoms with Crippen molar-refractivity contribution in [2.75, 3.05) is 34.2 Å². The van der Waals surface area contributed by atoms with Gasteiger partial charge in [0.2, 0.25) is 0 Å². The van der Waals surface area contributed by atoms with Crippen LogP contribution in [-0.4, -0.2) is 40.5 Å². The Morgan fingerprint density at radius 2 is 1.79 bits per heavy atom. The number of hydrogen-bond acceptors (Lipinski definition) is 6. The first kappa shape index (κ1) is 21.9. The van der Waals surface area contributed by atoms with Gasteiger partial charge >= 0.3 is 0 Å². The largest absolute Gasteiger partial charge is 0.496 e. The Hall–Kier alpha value is -2.41. The molecular weight excluding hydrogens is 360 g/mol. The maximum Gasteiger partial charge on any atom is 0.156 e. The molecule has 2 aromatic carbocycles. The molecule has 0 radical (unpaired) electrons. The molecule has 0 unspecified atom stereocenters. The van der Waals surface area contributed by atoms with Crippen LogP contribution in [0, 0.1) is 6.92 Å². The second kappa shape index (κ2) is 10.8. The maximum absolute atomic E-state index is 12.0. The Labute approximate surface area is 166 Å². The second-order valence-corrected chi connectivity index (χ2v) is 6.48. The summed E-state index contributed by atoms with van der Waals surface area (Å²) in [6.45, 7) is 4.75. The van der Waals surface area contributed by atoms with Gasteiger partial charge in [0, 0.05) is 12.7 Å². The lowest BCUT2D eigenvalue weighted by Gasteiger charge is -2.27. The van der Waals surface area contributed by atoms with Crippen LogP contribution in [0.1, 0.15) is 23.6 Å². The Morgan fingerprint density at radius 3 is 2.43 bits per heavy atom. The normalized spacial score (nSPS) is 13.0. The van der Waals surface area contributed by atoms with E-state index < -0.39 is 5.60 Å². The molecule has 2 aromatic rings. The zero-order valence-corrected chi connectivity index (χ0v) is 16.9. The number of carbonyl (C=O) groups excluding carboxylic acids is 1. The van der Waals surface area contributed by atoms with Crippen LogP contribution in [0.2, 0.25) is 0 Å². The van der Waals surface area contributed by atoms with Gasteiger partial charge in [-0.1, -0.05) is 30.3 Å². The number of benzene rings is 2. The molecular formula is C22H28O6. The summed E-state index contributed by atoms with van der Waals surface area (Å²) in [5, 5.41) is 0. The predicted octanol–water partition coefficient (Wildman–Crippen LogP) is 3.63. The first-order valence-corrected chi connectivity index (χ1v) is 9.07. The highest BCUT2D eigenvalue weighted by Gasteiger charge is 2.32. The lowest BCUT2D eigenvalue weighted by Crippen LogP contribution is -2.30. The molecule has 0 aliphatic rings. The van der Waals surface area contributed by atoms with E-state index in [0.717, 1.165) is 17.4 Å². The fourth-order valence-electron chi connectivity index (χ4n) is 2.66. The quantitative estimate of drug-likeness (QED) is 0.314. The van der Waals surface area contributed by atoms with E-state index >= 15 is 0 Å². The number of hydrogen-bond donors (Lipinski definition) is 0. The first-order valence-electron chi connectivity index (χ1n) is 9.07. The third kappa shape index (κ3) is 5.79. The van der Waals surface area contributed by atoms with Gasteiger partial charge in [-0.05, 0) is 37.1 Å². The minimum Gasteiger partial charge on any atom is -0.496 e. The van der Waals surface area contributed by atoms with Crippen molar-refractivity contribution >= 4 is 6.29 Å². The van der Waals surface area contributed by atoms with E-state index in [-0.39, 0.29) is 6.79 Å². The highest BCUT2D eigenvalue weighted by molar-refractivity contribution is 5.69. The number of carbonyl (C=O) groups is 1. The number of aldehydes is 1. The molecule has 0 heterocycles. The number of ether oxygens (including phenoxy) is 5. The van der Waals surface area contributed by atoms with E-state index in [0.29, 0.717) is 36.9 Å². The molecule has 152 valence electrons. The fraction of sp³-hybridized carbons (Fsp3) is 0.409. The molecule has 0 bridgehead atoms. The van der Waals surface area contributed by atoms with Crippen molar-refractivity contribution in [3.05, 3.63) is 59.2 Å². The van der Waals surface area contributed by atoms with Crippen LogP contribution in [0.4, 0.5) is 0 Å². The van der Waals surface area contributed by atoms with Gasteiger partial charge in [0.05, 0.1) is 20.3 Å². The van der Waals surface area contributed by atoms with Gasteiger partial charge in [-0.2, -0.15) is 0 Å². The first-order chi connectivity index (χ1) is 13.5. The van der Waals surface area contributed by atoms with Crippen LogP contribution >= 0.6 is 0 Å². The highest BCUT2D eigenvalue weighted by Crippen LogP contribution is 2.37. The molecule has 0 saturated heterocycles. The molecule has 1 atom stereocenters. The van der Waals surface area contributed by atoms with Gasteiger partial charge in [-0.15, -0.1) is 0 Å². The van der Waals surface area contributed by atoms with Gasteiger partial charge in [0.1, 0.15) is 24.9 Å². The summed E-state index contributed by atoms with van der Waals surface area (Å²) in [6, 6.07) is 13.5. The SMILES string of the molecule is COCCOCO[C@](C)(C=O)c1cc(OC)c(C)cc1OCc1ccccc1. The Morgan fingerprint density at radius 1 is 1.04 bits per heavy atom. The van der Waals surface area contributed by atoms with Crippen molar-refractivity contribution < 1.29 is 28.5 Å². The molecule has 28 heavy (non-hydrogen) atoms. The van der Waals surface area contributed by atoms with Gasteiger partial charge < -0.3 is 23.7 Å². The second-order valence-electron chi connectivity index (χ2n) is 6.48. The molecule has 0 fully saturated rings. The molecule has 0 amide bonds. The monoisotopic (exact) mass is 388 g/mol. The van der Waals surface area contributed by atoms with Crippen LogP contribution in [0.15, 0.2) is 42.5 Å². The molecule has 0 saturated carbocycles. The lowest BCUT2D eigenvalue weighted by atomic mass is 9.94. The maximum atomic E-state index is 12.0. The Kier molecular flexibility index (Phi) is 8.44. The van der Waals surface area contributed by atoms with Crippen molar-refractivity contribution in [2.45, 2.75) is 26.1 Å². The molecule has 0 aromatic heterocycles. The lowest BCUT2D eigenvalue weighted by molar-refractivity contribution is -0.157. The topological polar surface area (TPSA) is 63.2 Å². The third-order valence-electron chi connectivity index (χ3n) is 4.37. The minimum absolute atomic E-state index is 0.0487. The van der Waals surface area contributed by atoms with Crippen molar-refractivity contribution in [3.63, 3.8) is 0 Å². The van der Waals surface area contributed by atoms with E-state index in [2.05, 4.69) is 0 Å². The van der Waals surface area contributed by atoms with E-state index in [9.17, 15) is 4.79 Å².